The molecule has 0 bridgehead atoms. The van der Waals surface area contributed by atoms with E-state index < -0.39 is 0 Å². The molecular formula is C18H13Cl2N5OS. The minimum absolute atomic E-state index is 0.133. The maximum absolute atomic E-state index is 12.6. The molecule has 2 heterocycles. The second-order valence-corrected chi connectivity index (χ2v) is 7.66. The molecule has 0 saturated carbocycles. The normalized spacial score (nSPS) is 10.6. The molecule has 2 aromatic heterocycles. The highest BCUT2D eigenvalue weighted by Gasteiger charge is 2.21. The summed E-state index contributed by atoms with van der Waals surface area (Å²) in [6.45, 7) is 2.04. The molecule has 136 valence electrons. The quantitative estimate of drug-likeness (QED) is 0.580. The van der Waals surface area contributed by atoms with Crippen LogP contribution < -0.4 is 0 Å². The highest BCUT2D eigenvalue weighted by atomic mass is 35.5. The molecule has 3 aromatic rings. The Morgan fingerprint density at radius 3 is 2.59 bits per heavy atom. The monoisotopic (exact) mass is 417 g/mol. The number of nitriles is 2. The molecule has 0 unspecified atom stereocenters. The summed E-state index contributed by atoms with van der Waals surface area (Å²) in [4.78, 5) is 15.1. The summed E-state index contributed by atoms with van der Waals surface area (Å²) >= 11 is 13.5. The van der Waals surface area contributed by atoms with Crippen LogP contribution in [-0.2, 0) is 6.54 Å². The standard InChI is InChI=1S/C18H13Cl2N5OS/c1-11-14-9-16(17(26)24(6-4-21)7-5-22)27-18(14)25(23-11)10-12-2-3-13(19)8-15(12)20/h2-3,8-9H,6-7,10H2,1H3. The van der Waals surface area contributed by atoms with Crippen LogP contribution in [-0.4, -0.2) is 33.7 Å². The first-order valence-electron chi connectivity index (χ1n) is 7.88. The van der Waals surface area contributed by atoms with Crippen LogP contribution in [0.1, 0.15) is 20.9 Å². The molecule has 0 saturated heterocycles. The zero-order valence-corrected chi connectivity index (χ0v) is 16.6. The molecule has 0 N–H and O–H groups in total. The van der Waals surface area contributed by atoms with E-state index in [0.717, 1.165) is 21.5 Å². The topological polar surface area (TPSA) is 85.7 Å². The van der Waals surface area contributed by atoms with Crippen LogP contribution in [0.15, 0.2) is 24.3 Å². The van der Waals surface area contributed by atoms with E-state index in [0.29, 0.717) is 21.5 Å². The van der Waals surface area contributed by atoms with Crippen molar-refractivity contribution in [2.75, 3.05) is 13.1 Å². The maximum atomic E-state index is 12.6. The summed E-state index contributed by atoms with van der Waals surface area (Å²) in [7, 11) is 0. The average Bonchev–Trinajstić information content (AvgIpc) is 3.18. The molecule has 0 fully saturated rings. The molecule has 1 aromatic carbocycles. The van der Waals surface area contributed by atoms with E-state index in [4.69, 9.17) is 33.7 Å². The molecule has 3 rings (SSSR count). The van der Waals surface area contributed by atoms with Crippen LogP contribution in [0, 0.1) is 29.6 Å². The lowest BCUT2D eigenvalue weighted by molar-refractivity contribution is 0.0799. The first-order chi connectivity index (χ1) is 12.9. The fourth-order valence-electron chi connectivity index (χ4n) is 2.66. The molecule has 0 aliphatic heterocycles. The fraction of sp³-hybridized carbons (Fsp3) is 0.222. The Morgan fingerprint density at radius 1 is 1.26 bits per heavy atom. The lowest BCUT2D eigenvalue weighted by atomic mass is 10.2. The number of carbonyl (C=O) groups is 1. The third-order valence-corrected chi connectivity index (χ3v) is 5.69. The summed E-state index contributed by atoms with van der Waals surface area (Å²) in [6.07, 6.45) is 0. The smallest absolute Gasteiger partial charge is 0.265 e. The summed E-state index contributed by atoms with van der Waals surface area (Å²) in [5.41, 5.74) is 1.65. The summed E-state index contributed by atoms with van der Waals surface area (Å²) in [5.74, 6) is -0.338. The Bertz CT molecular complexity index is 1090. The molecule has 0 spiro atoms. The fourth-order valence-corrected chi connectivity index (χ4v) is 4.26. The highest BCUT2D eigenvalue weighted by Crippen LogP contribution is 2.31. The van der Waals surface area contributed by atoms with Crippen molar-refractivity contribution in [1.29, 1.82) is 10.5 Å². The zero-order chi connectivity index (χ0) is 19.6. The van der Waals surface area contributed by atoms with E-state index in [-0.39, 0.29) is 19.0 Å². The van der Waals surface area contributed by atoms with Gasteiger partial charge in [-0.25, -0.2) is 0 Å². The SMILES string of the molecule is Cc1nn(Cc2ccc(Cl)cc2Cl)c2sc(C(=O)N(CC#N)CC#N)cc12. The van der Waals surface area contributed by atoms with Crippen LogP contribution in [0.4, 0.5) is 0 Å². The van der Waals surface area contributed by atoms with Gasteiger partial charge in [0.25, 0.3) is 5.91 Å². The largest absolute Gasteiger partial charge is 0.311 e. The third-order valence-electron chi connectivity index (χ3n) is 3.96. The number of aryl methyl sites for hydroxylation is 1. The molecule has 0 atom stereocenters. The maximum Gasteiger partial charge on any atom is 0.265 e. The predicted molar refractivity (Wildman–Crippen MR) is 105 cm³/mol. The van der Waals surface area contributed by atoms with Crippen molar-refractivity contribution in [2.24, 2.45) is 0 Å². The first-order valence-corrected chi connectivity index (χ1v) is 9.46. The molecular weight excluding hydrogens is 405 g/mol. The van der Waals surface area contributed by atoms with Crippen LogP contribution >= 0.6 is 34.5 Å². The lowest BCUT2D eigenvalue weighted by Gasteiger charge is -2.14. The summed E-state index contributed by atoms with van der Waals surface area (Å²) in [5, 5.41) is 24.2. The Hall–Kier alpha value is -2.58. The Labute approximate surface area is 169 Å². The number of nitrogens with zero attached hydrogens (tertiary/aromatic N) is 5. The number of fused-ring (bicyclic) bond motifs is 1. The summed E-state index contributed by atoms with van der Waals surface area (Å²) in [6, 6.07) is 10.9. The van der Waals surface area contributed by atoms with Crippen LogP contribution in [0.3, 0.4) is 0 Å². The number of benzene rings is 1. The van der Waals surface area contributed by atoms with Gasteiger partial charge in [-0.1, -0.05) is 29.3 Å². The second-order valence-electron chi connectivity index (χ2n) is 5.79. The van der Waals surface area contributed by atoms with Crippen LogP contribution in [0.5, 0.6) is 0 Å². The molecule has 6 nitrogen and oxygen atoms in total. The number of thiophene rings is 1. The van der Waals surface area contributed by atoms with Gasteiger partial charge in [0.2, 0.25) is 0 Å². The van der Waals surface area contributed by atoms with Crippen LogP contribution in [0.2, 0.25) is 10.0 Å². The van der Waals surface area contributed by atoms with Crippen molar-refractivity contribution in [2.45, 2.75) is 13.5 Å². The van der Waals surface area contributed by atoms with E-state index in [1.807, 2.05) is 25.1 Å². The van der Waals surface area contributed by atoms with E-state index in [2.05, 4.69) is 5.10 Å². The van der Waals surface area contributed by atoms with Crippen molar-refractivity contribution < 1.29 is 4.79 Å². The van der Waals surface area contributed by atoms with Gasteiger partial charge < -0.3 is 4.90 Å². The Balaban J connectivity index is 1.97. The first kappa shape index (κ1) is 19.2. The van der Waals surface area contributed by atoms with Crippen molar-refractivity contribution in [1.82, 2.24) is 14.7 Å². The number of amides is 1. The average molecular weight is 418 g/mol. The number of halogens is 2. The van der Waals surface area contributed by atoms with Gasteiger partial charge >= 0.3 is 0 Å². The van der Waals surface area contributed by atoms with Gasteiger partial charge in [0.1, 0.15) is 17.9 Å². The van der Waals surface area contributed by atoms with Gasteiger partial charge in [0, 0.05) is 15.4 Å². The highest BCUT2D eigenvalue weighted by molar-refractivity contribution is 7.20. The molecule has 9 heteroatoms. The van der Waals surface area contributed by atoms with E-state index in [1.165, 1.54) is 16.2 Å². The van der Waals surface area contributed by atoms with Gasteiger partial charge in [-0.2, -0.15) is 15.6 Å². The molecule has 0 aliphatic rings. The van der Waals surface area contributed by atoms with Gasteiger partial charge in [0.05, 0.1) is 29.3 Å². The van der Waals surface area contributed by atoms with Gasteiger partial charge in [-0.15, -0.1) is 11.3 Å². The molecule has 0 radical (unpaired) electrons. The predicted octanol–water partition coefficient (Wildman–Crippen LogP) is 4.25. The van der Waals surface area contributed by atoms with Crippen molar-refractivity contribution in [3.05, 3.63) is 50.4 Å². The van der Waals surface area contributed by atoms with E-state index in [1.54, 1.807) is 22.9 Å². The molecule has 1 amide bonds. The van der Waals surface area contributed by atoms with Gasteiger partial charge in [-0.05, 0) is 30.7 Å². The van der Waals surface area contributed by atoms with E-state index >= 15 is 0 Å². The second kappa shape index (κ2) is 7.98. The summed E-state index contributed by atoms with van der Waals surface area (Å²) < 4.78 is 1.79. The van der Waals surface area contributed by atoms with E-state index in [9.17, 15) is 4.79 Å². The number of rotatable bonds is 5. The number of hydrogen-bond acceptors (Lipinski definition) is 5. The molecule has 27 heavy (non-hydrogen) atoms. The Morgan fingerprint density at radius 2 is 1.96 bits per heavy atom. The van der Waals surface area contributed by atoms with Gasteiger partial charge in [0.15, 0.2) is 0 Å². The van der Waals surface area contributed by atoms with Crippen molar-refractivity contribution in [3.63, 3.8) is 0 Å². The third kappa shape index (κ3) is 3.91. The number of aromatic nitrogens is 2. The van der Waals surface area contributed by atoms with Crippen LogP contribution in [0.25, 0.3) is 10.2 Å². The van der Waals surface area contributed by atoms with Crippen molar-refractivity contribution in [3.8, 4) is 12.1 Å². The number of hydrogen-bond donors (Lipinski definition) is 0. The van der Waals surface area contributed by atoms with Crippen molar-refractivity contribution >= 4 is 50.7 Å². The van der Waals surface area contributed by atoms with Gasteiger partial charge in [-0.3, -0.25) is 9.48 Å². The minimum Gasteiger partial charge on any atom is -0.311 e. The number of carbonyl (C=O) groups excluding carboxylic acids is 1. The zero-order valence-electron chi connectivity index (χ0n) is 14.2. The molecule has 0 aliphatic carbocycles. The minimum atomic E-state index is -0.338. The Kier molecular flexibility index (Phi) is 5.67. The lowest BCUT2D eigenvalue weighted by Crippen LogP contribution is -2.31.